The van der Waals surface area contributed by atoms with Gasteiger partial charge in [0.15, 0.2) is 6.29 Å². The predicted molar refractivity (Wildman–Crippen MR) is 285 cm³/mol. The molecule has 70 heavy (non-hydrogen) atoms. The van der Waals surface area contributed by atoms with Crippen molar-refractivity contribution < 1.29 is 56.2 Å². The highest BCUT2D eigenvalue weighted by Gasteiger charge is 2.48. The standard InChI is InChI=1S/C57H96O12S/c1-3-5-7-9-11-13-15-17-19-21-22-23-24-25-26-27-28-29-31-33-35-37-39-41-43-45-47-65-49-51(50-66-57-55(61)56(69-70(62,63)64)54(60)52(48-58)68-57)67-53(59)46-44-42-40-38-36-34-32-30-20-18-16-14-12-10-8-6-4-2/h6,8,12,14-15,17-18,20-22,24-25,32,34,38,40,51-52,54-58,60-61H,3-5,7,9-11,13,16,19,23,26-31,33,35-37,39,41-50H2,1-2H3,(H,62,63,64)/b8-6-,14-12-,17-15-,20-18-,22-21-,25-24-,34-32-,40-38-. The second-order valence-corrected chi connectivity index (χ2v) is 19.1. The molecular formula is C57H96O12S. The lowest BCUT2D eigenvalue weighted by molar-refractivity contribution is -0.301. The van der Waals surface area contributed by atoms with Crippen molar-refractivity contribution in [2.45, 2.75) is 230 Å². The Balaban J connectivity index is 2.35. The van der Waals surface area contributed by atoms with E-state index in [1.54, 1.807) is 0 Å². The Morgan fingerprint density at radius 1 is 0.557 bits per heavy atom. The van der Waals surface area contributed by atoms with Crippen molar-refractivity contribution in [3.63, 3.8) is 0 Å². The first-order valence-corrected chi connectivity index (χ1v) is 28.4. The summed E-state index contributed by atoms with van der Waals surface area (Å²) in [5, 5.41) is 30.8. The van der Waals surface area contributed by atoms with Gasteiger partial charge in [-0.05, 0) is 89.9 Å². The van der Waals surface area contributed by atoms with E-state index in [1.165, 1.54) is 89.9 Å². The number of ether oxygens (including phenoxy) is 4. The van der Waals surface area contributed by atoms with Gasteiger partial charge in [0.2, 0.25) is 0 Å². The van der Waals surface area contributed by atoms with Crippen molar-refractivity contribution in [2.75, 3.05) is 26.4 Å². The molecule has 0 spiro atoms. The van der Waals surface area contributed by atoms with E-state index in [0.29, 0.717) is 19.4 Å². The molecule has 1 fully saturated rings. The molecule has 1 heterocycles. The minimum Gasteiger partial charge on any atom is -0.457 e. The van der Waals surface area contributed by atoms with Crippen LogP contribution in [-0.4, -0.2) is 97.5 Å². The molecule has 1 saturated heterocycles. The van der Waals surface area contributed by atoms with E-state index in [1.807, 2.05) is 6.08 Å². The fourth-order valence-electron chi connectivity index (χ4n) is 7.66. The van der Waals surface area contributed by atoms with E-state index < -0.39 is 59.8 Å². The van der Waals surface area contributed by atoms with Crippen LogP contribution in [0.3, 0.4) is 0 Å². The molecule has 0 saturated carbocycles. The first kappa shape index (κ1) is 65.0. The van der Waals surface area contributed by atoms with Crippen LogP contribution in [0.2, 0.25) is 0 Å². The van der Waals surface area contributed by atoms with Crippen LogP contribution in [-0.2, 0) is 38.3 Å². The summed E-state index contributed by atoms with van der Waals surface area (Å²) in [4.78, 5) is 12.9. The molecule has 0 aromatic rings. The van der Waals surface area contributed by atoms with Gasteiger partial charge in [-0.2, -0.15) is 8.42 Å². The van der Waals surface area contributed by atoms with Crippen molar-refractivity contribution >= 4 is 16.4 Å². The van der Waals surface area contributed by atoms with Crippen LogP contribution in [0.15, 0.2) is 97.2 Å². The SMILES string of the molecule is CC/C=C\C/C=C\C/C=C\C/C=C\C/C=C\CCCC(=O)OC(COCCCCCCCCCCCCC/C=C\C/C=C\C/C=C\CCCCCCC)COC1OC(CO)C(O)C(OS(=O)(=O)O)C1O. The smallest absolute Gasteiger partial charge is 0.397 e. The van der Waals surface area contributed by atoms with Gasteiger partial charge in [0, 0.05) is 13.0 Å². The molecule has 1 aliphatic rings. The van der Waals surface area contributed by atoms with Crippen molar-refractivity contribution in [1.29, 1.82) is 0 Å². The van der Waals surface area contributed by atoms with Crippen LogP contribution in [0.25, 0.3) is 0 Å². The molecule has 6 unspecified atom stereocenters. The third kappa shape index (κ3) is 39.6. The normalized spacial score (nSPS) is 19.9. The Morgan fingerprint density at radius 3 is 1.44 bits per heavy atom. The molecule has 402 valence electrons. The highest BCUT2D eigenvalue weighted by atomic mass is 32.3. The summed E-state index contributed by atoms with van der Waals surface area (Å²) < 4.78 is 59.2. The zero-order chi connectivity index (χ0) is 51.0. The van der Waals surface area contributed by atoms with E-state index in [-0.39, 0.29) is 19.6 Å². The van der Waals surface area contributed by atoms with Crippen LogP contribution < -0.4 is 0 Å². The number of rotatable bonds is 46. The maximum Gasteiger partial charge on any atom is 0.397 e. The van der Waals surface area contributed by atoms with Crippen LogP contribution in [0.5, 0.6) is 0 Å². The lowest BCUT2D eigenvalue weighted by Crippen LogP contribution is -2.60. The van der Waals surface area contributed by atoms with Gasteiger partial charge in [-0.15, -0.1) is 0 Å². The summed E-state index contributed by atoms with van der Waals surface area (Å²) >= 11 is 0. The van der Waals surface area contributed by atoms with Gasteiger partial charge in [-0.25, -0.2) is 4.18 Å². The highest BCUT2D eigenvalue weighted by molar-refractivity contribution is 7.80. The van der Waals surface area contributed by atoms with Gasteiger partial charge >= 0.3 is 16.4 Å². The Bertz CT molecular complexity index is 1580. The van der Waals surface area contributed by atoms with E-state index >= 15 is 0 Å². The maximum absolute atomic E-state index is 12.9. The van der Waals surface area contributed by atoms with Gasteiger partial charge in [-0.1, -0.05) is 195 Å². The van der Waals surface area contributed by atoms with Gasteiger partial charge in [-0.3, -0.25) is 9.35 Å². The van der Waals surface area contributed by atoms with Crippen molar-refractivity contribution in [3.05, 3.63) is 97.2 Å². The Kier molecular flexibility index (Phi) is 43.7. The van der Waals surface area contributed by atoms with Crippen molar-refractivity contribution in [3.8, 4) is 0 Å². The molecule has 0 aromatic heterocycles. The average Bonchev–Trinajstić information content (AvgIpc) is 3.34. The molecule has 0 amide bonds. The number of carbonyl (C=O) groups excluding carboxylic acids is 1. The second-order valence-electron chi connectivity index (χ2n) is 18.1. The number of hydrogen-bond donors (Lipinski definition) is 4. The Hall–Kier alpha value is -2.98. The lowest BCUT2D eigenvalue weighted by atomic mass is 9.99. The predicted octanol–water partition coefficient (Wildman–Crippen LogP) is 13.0. The van der Waals surface area contributed by atoms with Gasteiger partial charge in [0.1, 0.15) is 30.5 Å². The quantitative estimate of drug-likeness (QED) is 0.0197. The summed E-state index contributed by atoms with van der Waals surface area (Å²) in [6.45, 7) is 3.78. The second kappa shape index (κ2) is 47.1. The van der Waals surface area contributed by atoms with Gasteiger partial charge in [0.05, 0.1) is 19.8 Å². The number of aliphatic hydroxyl groups excluding tert-OH is 3. The number of carbonyl (C=O) groups is 1. The summed E-state index contributed by atoms with van der Waals surface area (Å²) in [7, 11) is -5.08. The number of allylic oxidation sites excluding steroid dienone is 16. The first-order chi connectivity index (χ1) is 34.1. The van der Waals surface area contributed by atoms with Gasteiger partial charge in [0.25, 0.3) is 0 Å². The van der Waals surface area contributed by atoms with E-state index in [4.69, 9.17) is 18.9 Å². The molecule has 12 nitrogen and oxygen atoms in total. The van der Waals surface area contributed by atoms with E-state index in [0.717, 1.165) is 70.6 Å². The highest BCUT2D eigenvalue weighted by Crippen LogP contribution is 2.26. The fraction of sp³-hybridized carbons (Fsp3) is 0.702. The first-order valence-electron chi connectivity index (χ1n) is 27.0. The molecule has 0 aliphatic carbocycles. The van der Waals surface area contributed by atoms with Crippen LogP contribution in [0.1, 0.15) is 194 Å². The summed E-state index contributed by atoms with van der Waals surface area (Å²) in [5.74, 6) is -0.459. The molecule has 13 heteroatoms. The third-order valence-corrected chi connectivity index (χ3v) is 12.2. The lowest BCUT2D eigenvalue weighted by Gasteiger charge is -2.41. The molecule has 4 N–H and O–H groups in total. The minimum absolute atomic E-state index is 0.00536. The molecule has 1 aliphatic heterocycles. The molecule has 0 aromatic carbocycles. The largest absolute Gasteiger partial charge is 0.457 e. The number of aliphatic hydroxyl groups is 3. The number of esters is 1. The molecule has 1 rings (SSSR count). The molecular weight excluding hydrogens is 909 g/mol. The molecule has 0 radical (unpaired) electrons. The Morgan fingerprint density at radius 2 is 0.986 bits per heavy atom. The van der Waals surface area contributed by atoms with Crippen LogP contribution >= 0.6 is 0 Å². The average molecular weight is 1010 g/mol. The van der Waals surface area contributed by atoms with Gasteiger partial charge < -0.3 is 34.3 Å². The van der Waals surface area contributed by atoms with Crippen LogP contribution in [0, 0.1) is 0 Å². The zero-order valence-electron chi connectivity index (χ0n) is 43.3. The fourth-order valence-corrected chi connectivity index (χ4v) is 8.16. The maximum atomic E-state index is 12.9. The van der Waals surface area contributed by atoms with E-state index in [2.05, 4.69) is 109 Å². The number of hydrogen-bond acceptors (Lipinski definition) is 11. The topological polar surface area (TPSA) is 178 Å². The van der Waals surface area contributed by atoms with Crippen LogP contribution in [0.4, 0.5) is 0 Å². The summed E-state index contributed by atoms with van der Waals surface area (Å²) in [5.41, 5.74) is 0. The third-order valence-electron chi connectivity index (χ3n) is 11.7. The van der Waals surface area contributed by atoms with Crippen molar-refractivity contribution in [1.82, 2.24) is 0 Å². The van der Waals surface area contributed by atoms with E-state index in [9.17, 15) is 33.1 Å². The molecule has 0 bridgehead atoms. The summed E-state index contributed by atoms with van der Waals surface area (Å²) in [6, 6.07) is 0. The Labute approximate surface area is 425 Å². The zero-order valence-corrected chi connectivity index (χ0v) is 44.1. The monoisotopic (exact) mass is 1000 g/mol. The number of unbranched alkanes of at least 4 members (excludes halogenated alkanes) is 17. The summed E-state index contributed by atoms with van der Waals surface area (Å²) in [6.07, 6.45) is 55.9. The van der Waals surface area contributed by atoms with Crippen molar-refractivity contribution in [2.24, 2.45) is 0 Å². The minimum atomic E-state index is -5.08. The molecule has 6 atom stereocenters.